The minimum Gasteiger partial charge on any atom is -0.383 e. The fraction of sp³-hybridized carbons (Fsp3) is 0.609. The van der Waals surface area contributed by atoms with Gasteiger partial charge in [0, 0.05) is 59.4 Å². The summed E-state index contributed by atoms with van der Waals surface area (Å²) in [5, 5.41) is 0. The lowest BCUT2D eigenvalue weighted by Crippen LogP contribution is -2.58. The molecule has 1 aromatic rings. The smallest absolute Gasteiger partial charge is 0.254 e. The fourth-order valence-electron chi connectivity index (χ4n) is 4.57. The van der Waals surface area contributed by atoms with Crippen molar-refractivity contribution in [1.29, 1.82) is 0 Å². The number of carbonyl (C=O) groups excluding carboxylic acids is 3. The molecule has 2 heterocycles. The second kappa shape index (κ2) is 10.2. The first-order valence-corrected chi connectivity index (χ1v) is 10.8. The van der Waals surface area contributed by atoms with E-state index in [1.54, 1.807) is 30.9 Å². The van der Waals surface area contributed by atoms with Crippen LogP contribution in [-0.4, -0.2) is 91.6 Å². The Hall–Kier alpha value is -2.45. The maximum absolute atomic E-state index is 13.4. The number of carbonyl (C=O) groups is 3. The minimum atomic E-state index is -0.614. The van der Waals surface area contributed by atoms with E-state index in [0.29, 0.717) is 64.3 Å². The molecule has 1 saturated heterocycles. The normalized spacial score (nSPS) is 17.6. The van der Waals surface area contributed by atoms with Crippen LogP contribution in [0.1, 0.15) is 42.1 Å². The molecule has 1 aromatic carbocycles. The number of hydrogen-bond donors (Lipinski definition) is 0. The van der Waals surface area contributed by atoms with Gasteiger partial charge in [-0.3, -0.25) is 14.4 Å². The largest absolute Gasteiger partial charge is 0.383 e. The first-order valence-electron chi connectivity index (χ1n) is 10.8. The SMILES string of the molecule is COCCN(CCOC)C(=O)CC1(N2Cc3ccccc3C2=O)CCN(C(C)=O)CC1. The summed E-state index contributed by atoms with van der Waals surface area (Å²) in [4.78, 5) is 44.0. The molecule has 0 radical (unpaired) electrons. The number of likely N-dealkylation sites (tertiary alicyclic amines) is 1. The molecule has 31 heavy (non-hydrogen) atoms. The van der Waals surface area contributed by atoms with Gasteiger partial charge in [0.05, 0.1) is 25.2 Å². The second-order valence-corrected chi connectivity index (χ2v) is 8.32. The molecule has 2 aliphatic rings. The van der Waals surface area contributed by atoms with Crippen molar-refractivity contribution in [2.24, 2.45) is 0 Å². The van der Waals surface area contributed by atoms with E-state index in [9.17, 15) is 14.4 Å². The van der Waals surface area contributed by atoms with Gasteiger partial charge in [-0.05, 0) is 24.5 Å². The summed E-state index contributed by atoms with van der Waals surface area (Å²) in [6.45, 7) is 4.97. The van der Waals surface area contributed by atoms with Gasteiger partial charge in [0.15, 0.2) is 0 Å². The topological polar surface area (TPSA) is 79.4 Å². The van der Waals surface area contributed by atoms with Crippen molar-refractivity contribution in [2.75, 3.05) is 53.6 Å². The van der Waals surface area contributed by atoms with Crippen LogP contribution in [-0.2, 0) is 25.6 Å². The molecule has 1 fully saturated rings. The average Bonchev–Trinajstić information content (AvgIpc) is 3.11. The third-order valence-corrected chi connectivity index (χ3v) is 6.50. The third kappa shape index (κ3) is 5.07. The van der Waals surface area contributed by atoms with Crippen molar-refractivity contribution in [2.45, 2.75) is 38.3 Å². The second-order valence-electron chi connectivity index (χ2n) is 8.32. The molecule has 8 nitrogen and oxygen atoms in total. The van der Waals surface area contributed by atoms with Gasteiger partial charge in [-0.2, -0.15) is 0 Å². The molecule has 0 spiro atoms. The highest BCUT2D eigenvalue weighted by atomic mass is 16.5. The first-order chi connectivity index (χ1) is 14.9. The van der Waals surface area contributed by atoms with Gasteiger partial charge in [0.1, 0.15) is 0 Å². The maximum atomic E-state index is 13.4. The van der Waals surface area contributed by atoms with Crippen molar-refractivity contribution in [1.82, 2.24) is 14.7 Å². The molecule has 170 valence electrons. The van der Waals surface area contributed by atoms with E-state index in [0.717, 1.165) is 5.56 Å². The highest BCUT2D eigenvalue weighted by Crippen LogP contribution is 2.39. The predicted octanol–water partition coefficient (Wildman–Crippen LogP) is 1.54. The van der Waals surface area contributed by atoms with Crippen LogP contribution in [0.25, 0.3) is 0 Å². The summed E-state index contributed by atoms with van der Waals surface area (Å²) in [6, 6.07) is 7.62. The number of rotatable bonds is 9. The van der Waals surface area contributed by atoms with Gasteiger partial charge >= 0.3 is 0 Å². The summed E-state index contributed by atoms with van der Waals surface area (Å²) in [5.41, 5.74) is 1.08. The van der Waals surface area contributed by atoms with Crippen LogP contribution in [0.3, 0.4) is 0 Å². The minimum absolute atomic E-state index is 0.0193. The van der Waals surface area contributed by atoms with Crippen LogP contribution in [0.15, 0.2) is 24.3 Å². The summed E-state index contributed by atoms with van der Waals surface area (Å²) in [5.74, 6) is -0.0214. The first kappa shape index (κ1) is 23.2. The Bertz CT molecular complexity index is 796. The van der Waals surface area contributed by atoms with Crippen molar-refractivity contribution >= 4 is 17.7 Å². The van der Waals surface area contributed by atoms with Gasteiger partial charge in [0.2, 0.25) is 11.8 Å². The Labute approximate surface area is 184 Å². The molecule has 3 amide bonds. The summed E-state index contributed by atoms with van der Waals surface area (Å²) in [6.07, 6.45) is 1.40. The maximum Gasteiger partial charge on any atom is 0.254 e. The van der Waals surface area contributed by atoms with Crippen LogP contribution >= 0.6 is 0 Å². The fourth-order valence-corrected chi connectivity index (χ4v) is 4.57. The van der Waals surface area contributed by atoms with Crippen molar-refractivity contribution in [3.05, 3.63) is 35.4 Å². The lowest BCUT2D eigenvalue weighted by molar-refractivity contribution is -0.137. The standard InChI is InChI=1S/C23H33N3O5/c1-18(27)24-10-8-23(9-11-24,16-21(28)25(12-14-30-2)13-15-31-3)26-17-19-6-4-5-7-20(19)22(26)29/h4-7H,8-17H2,1-3H3. The lowest BCUT2D eigenvalue weighted by Gasteiger charge is -2.47. The number of nitrogens with zero attached hydrogens (tertiary/aromatic N) is 3. The molecule has 0 aromatic heterocycles. The molecule has 0 N–H and O–H groups in total. The Kier molecular flexibility index (Phi) is 7.67. The zero-order chi connectivity index (χ0) is 22.4. The molecule has 0 atom stereocenters. The number of hydrogen-bond acceptors (Lipinski definition) is 5. The van der Waals surface area contributed by atoms with Crippen molar-refractivity contribution in [3.8, 4) is 0 Å². The molecular formula is C23H33N3O5. The Morgan fingerprint density at radius 1 is 1.06 bits per heavy atom. The number of methoxy groups -OCH3 is 2. The summed E-state index contributed by atoms with van der Waals surface area (Å²) < 4.78 is 10.3. The number of piperidine rings is 1. The molecular weight excluding hydrogens is 398 g/mol. The van der Waals surface area contributed by atoms with E-state index in [4.69, 9.17) is 9.47 Å². The quantitative estimate of drug-likeness (QED) is 0.593. The van der Waals surface area contributed by atoms with Crippen LogP contribution in [0, 0.1) is 0 Å². The Morgan fingerprint density at radius 3 is 2.23 bits per heavy atom. The van der Waals surface area contributed by atoms with E-state index in [-0.39, 0.29) is 24.1 Å². The van der Waals surface area contributed by atoms with Crippen LogP contribution in [0.5, 0.6) is 0 Å². The van der Waals surface area contributed by atoms with Crippen LogP contribution in [0.4, 0.5) is 0 Å². The van der Waals surface area contributed by atoms with Crippen molar-refractivity contribution in [3.63, 3.8) is 0 Å². The van der Waals surface area contributed by atoms with E-state index in [2.05, 4.69) is 0 Å². The molecule has 0 bridgehead atoms. The Balaban J connectivity index is 1.84. The molecule has 0 aliphatic carbocycles. The number of ether oxygens (including phenoxy) is 2. The monoisotopic (exact) mass is 431 g/mol. The summed E-state index contributed by atoms with van der Waals surface area (Å²) >= 11 is 0. The van der Waals surface area contributed by atoms with Gasteiger partial charge < -0.3 is 24.2 Å². The van der Waals surface area contributed by atoms with Crippen molar-refractivity contribution < 1.29 is 23.9 Å². The number of fused-ring (bicyclic) bond motifs is 1. The average molecular weight is 432 g/mol. The molecule has 2 aliphatic heterocycles. The molecule has 3 rings (SSSR count). The molecule has 0 unspecified atom stereocenters. The Morgan fingerprint density at radius 2 is 1.68 bits per heavy atom. The van der Waals surface area contributed by atoms with E-state index >= 15 is 0 Å². The van der Waals surface area contributed by atoms with Gasteiger partial charge in [-0.15, -0.1) is 0 Å². The van der Waals surface area contributed by atoms with Gasteiger partial charge in [-0.1, -0.05) is 18.2 Å². The molecule has 0 saturated carbocycles. The zero-order valence-corrected chi connectivity index (χ0v) is 18.8. The highest BCUT2D eigenvalue weighted by molar-refractivity contribution is 5.99. The number of amides is 3. The van der Waals surface area contributed by atoms with Gasteiger partial charge in [-0.25, -0.2) is 0 Å². The third-order valence-electron chi connectivity index (χ3n) is 6.50. The molecule has 8 heteroatoms. The highest BCUT2D eigenvalue weighted by Gasteiger charge is 2.47. The van der Waals surface area contributed by atoms with Gasteiger partial charge in [0.25, 0.3) is 5.91 Å². The van der Waals surface area contributed by atoms with E-state index in [1.165, 1.54) is 0 Å². The van der Waals surface area contributed by atoms with E-state index < -0.39 is 5.54 Å². The summed E-state index contributed by atoms with van der Waals surface area (Å²) in [7, 11) is 3.22. The van der Waals surface area contributed by atoms with E-state index in [1.807, 2.05) is 29.2 Å². The number of benzene rings is 1. The lowest BCUT2D eigenvalue weighted by atomic mass is 9.82. The van der Waals surface area contributed by atoms with Crippen LogP contribution in [0.2, 0.25) is 0 Å². The predicted molar refractivity (Wildman–Crippen MR) is 115 cm³/mol. The van der Waals surface area contributed by atoms with Crippen LogP contribution < -0.4 is 0 Å². The zero-order valence-electron chi connectivity index (χ0n) is 18.8.